The molecule has 2 aromatic carbocycles. The Bertz CT molecular complexity index is 632. The Morgan fingerprint density at radius 3 is 2.25 bits per heavy atom. The smallest absolute Gasteiger partial charge is 0.269 e. The van der Waals surface area contributed by atoms with Crippen LogP contribution in [0.3, 0.4) is 0 Å². The maximum absolute atomic E-state index is 11.3. The van der Waals surface area contributed by atoms with Gasteiger partial charge in [-0.1, -0.05) is 23.9 Å². The monoisotopic (exact) mass is 310 g/mol. The third-order valence-electron chi connectivity index (χ3n) is 2.43. The molecule has 0 unspecified atom stereocenters. The molecule has 2 N–H and O–H groups in total. The number of nitrogens with two attached hydrogens (primary N) is 1. The predicted octanol–water partition coefficient (Wildman–Crippen LogP) is 3.27. The van der Waals surface area contributed by atoms with Crippen molar-refractivity contribution in [3.05, 3.63) is 64.2 Å². The largest absolute Gasteiger partial charge is 0.366 e. The molecule has 0 atom stereocenters. The summed E-state index contributed by atoms with van der Waals surface area (Å²) in [4.78, 5) is 22.9. The first-order chi connectivity index (χ1) is 9.08. The number of hydrogen-bond donors (Lipinski definition) is 1. The van der Waals surface area contributed by atoms with E-state index >= 15 is 0 Å². The number of primary amides is 1. The zero-order valence-corrected chi connectivity index (χ0v) is 11.8. The number of carbonyl (C=O) groups is 1. The van der Waals surface area contributed by atoms with Gasteiger partial charge in [-0.3, -0.25) is 14.9 Å². The van der Waals surface area contributed by atoms with Gasteiger partial charge in [0.2, 0.25) is 5.91 Å². The van der Waals surface area contributed by atoms with Gasteiger partial charge >= 0.3 is 0 Å². The molecule has 0 aliphatic rings. The lowest BCUT2D eigenvalue weighted by Crippen LogP contribution is -2.11. The Hall–Kier alpha value is -2.05. The first-order valence-corrected chi connectivity index (χ1v) is 6.21. The van der Waals surface area contributed by atoms with E-state index in [1.54, 1.807) is 36.4 Å². The highest BCUT2D eigenvalue weighted by Gasteiger charge is 2.09. The molecule has 0 bridgehead atoms. The third-order valence-corrected chi connectivity index (χ3v) is 3.51. The highest BCUT2D eigenvalue weighted by Crippen LogP contribution is 2.31. The molecule has 0 heterocycles. The average Bonchev–Trinajstić information content (AvgIpc) is 2.39. The third kappa shape index (κ3) is 3.72. The van der Waals surface area contributed by atoms with Crippen LogP contribution in [0.25, 0.3) is 0 Å². The van der Waals surface area contributed by atoms with Crippen LogP contribution in [-0.4, -0.2) is 10.8 Å². The average molecular weight is 311 g/mol. The summed E-state index contributed by atoms with van der Waals surface area (Å²) in [5.41, 5.74) is 5.76. The molecular weight excluding hydrogens is 300 g/mol. The van der Waals surface area contributed by atoms with Crippen LogP contribution in [0.4, 0.5) is 5.69 Å². The molecule has 7 heteroatoms. The number of rotatable bonds is 4. The summed E-state index contributed by atoms with van der Waals surface area (Å²) in [5.74, 6) is -0.495. The molecule has 0 aliphatic carbocycles. The summed E-state index contributed by atoms with van der Waals surface area (Å²) >= 11 is 1.34. The number of hydrogen-bond acceptors (Lipinski definition) is 4. The fourth-order valence-corrected chi connectivity index (χ4v) is 2.47. The van der Waals surface area contributed by atoms with Crippen LogP contribution in [0.15, 0.2) is 58.3 Å². The van der Waals surface area contributed by atoms with Crippen molar-refractivity contribution in [3.8, 4) is 0 Å². The predicted molar refractivity (Wildman–Crippen MR) is 79.4 cm³/mol. The molecule has 0 radical (unpaired) electrons. The second-order valence-corrected chi connectivity index (χ2v) is 4.83. The summed E-state index contributed by atoms with van der Waals surface area (Å²) in [5, 5.41) is 10.6. The molecule has 104 valence electrons. The Kier molecular flexibility index (Phi) is 5.54. The number of nitro groups is 1. The summed E-state index contributed by atoms with van der Waals surface area (Å²) in [6, 6.07) is 13.1. The summed E-state index contributed by atoms with van der Waals surface area (Å²) < 4.78 is 0. The Balaban J connectivity index is 0.00000200. The molecule has 0 fully saturated rings. The van der Waals surface area contributed by atoms with Crippen molar-refractivity contribution in [2.24, 2.45) is 5.73 Å². The lowest BCUT2D eigenvalue weighted by Gasteiger charge is -2.05. The highest BCUT2D eigenvalue weighted by molar-refractivity contribution is 7.99. The van der Waals surface area contributed by atoms with Gasteiger partial charge < -0.3 is 5.73 Å². The minimum Gasteiger partial charge on any atom is -0.366 e. The van der Waals surface area contributed by atoms with Gasteiger partial charge in [0.05, 0.1) is 10.5 Å². The second kappa shape index (κ2) is 6.93. The van der Waals surface area contributed by atoms with Gasteiger partial charge in [-0.25, -0.2) is 0 Å². The van der Waals surface area contributed by atoms with Crippen LogP contribution in [0.5, 0.6) is 0 Å². The van der Waals surface area contributed by atoms with Crippen molar-refractivity contribution < 1.29 is 9.72 Å². The van der Waals surface area contributed by atoms with Crippen molar-refractivity contribution >= 4 is 35.8 Å². The van der Waals surface area contributed by atoms with E-state index in [0.29, 0.717) is 5.56 Å². The number of non-ortho nitro benzene ring substituents is 1. The molecule has 20 heavy (non-hydrogen) atoms. The van der Waals surface area contributed by atoms with Crippen molar-refractivity contribution in [1.82, 2.24) is 0 Å². The molecule has 0 aliphatic heterocycles. The van der Waals surface area contributed by atoms with E-state index in [4.69, 9.17) is 5.73 Å². The normalized spacial score (nSPS) is 9.60. The molecule has 5 nitrogen and oxygen atoms in total. The number of benzene rings is 2. The molecule has 0 saturated carbocycles. The number of nitro benzene ring substituents is 1. The van der Waals surface area contributed by atoms with Crippen molar-refractivity contribution in [3.63, 3.8) is 0 Å². The van der Waals surface area contributed by atoms with Crippen LogP contribution < -0.4 is 5.73 Å². The maximum atomic E-state index is 11.3. The van der Waals surface area contributed by atoms with Gasteiger partial charge in [0.1, 0.15) is 0 Å². The topological polar surface area (TPSA) is 86.2 Å². The quantitative estimate of drug-likeness (QED) is 0.693. The summed E-state index contributed by atoms with van der Waals surface area (Å²) in [7, 11) is 0. The first-order valence-electron chi connectivity index (χ1n) is 5.39. The van der Waals surface area contributed by atoms with E-state index in [1.807, 2.05) is 0 Å². The molecule has 0 spiro atoms. The Morgan fingerprint density at radius 1 is 1.10 bits per heavy atom. The van der Waals surface area contributed by atoms with E-state index in [1.165, 1.54) is 23.9 Å². The summed E-state index contributed by atoms with van der Waals surface area (Å²) in [6.07, 6.45) is 0. The van der Waals surface area contributed by atoms with Gasteiger partial charge in [-0.15, -0.1) is 12.4 Å². The van der Waals surface area contributed by atoms with Gasteiger partial charge in [0.25, 0.3) is 5.69 Å². The van der Waals surface area contributed by atoms with Crippen molar-refractivity contribution in [2.75, 3.05) is 0 Å². The standard InChI is InChI=1S/C13H10N2O3S.ClH/c14-13(16)11-3-1-2-4-12(11)19-10-7-5-9(6-8-10)15(17)18;/h1-8H,(H2,14,16);1H. The minimum atomic E-state index is -0.495. The SMILES string of the molecule is Cl.NC(=O)c1ccccc1Sc1ccc([N+](=O)[O-])cc1. The maximum Gasteiger partial charge on any atom is 0.269 e. The number of halogens is 1. The Labute approximate surface area is 125 Å². The highest BCUT2D eigenvalue weighted by atomic mass is 35.5. The van der Waals surface area contributed by atoms with Crippen LogP contribution in [-0.2, 0) is 0 Å². The molecular formula is C13H11ClN2O3S. The molecule has 0 aromatic heterocycles. The second-order valence-electron chi connectivity index (χ2n) is 3.71. The van der Waals surface area contributed by atoms with E-state index < -0.39 is 10.8 Å². The van der Waals surface area contributed by atoms with Crippen LogP contribution in [0, 0.1) is 10.1 Å². The van der Waals surface area contributed by atoms with Crippen LogP contribution in [0.2, 0.25) is 0 Å². The van der Waals surface area contributed by atoms with Crippen molar-refractivity contribution in [2.45, 2.75) is 9.79 Å². The van der Waals surface area contributed by atoms with Crippen LogP contribution in [0.1, 0.15) is 10.4 Å². The van der Waals surface area contributed by atoms with E-state index in [2.05, 4.69) is 0 Å². The number of carbonyl (C=O) groups excluding carboxylic acids is 1. The zero-order chi connectivity index (χ0) is 13.8. The number of nitrogens with zero attached hydrogens (tertiary/aromatic N) is 1. The lowest BCUT2D eigenvalue weighted by molar-refractivity contribution is -0.384. The van der Waals surface area contributed by atoms with Gasteiger partial charge in [0, 0.05) is 21.9 Å². The number of amides is 1. The van der Waals surface area contributed by atoms with E-state index in [9.17, 15) is 14.9 Å². The molecule has 0 saturated heterocycles. The van der Waals surface area contributed by atoms with Gasteiger partial charge in [0.15, 0.2) is 0 Å². The Morgan fingerprint density at radius 2 is 1.70 bits per heavy atom. The van der Waals surface area contributed by atoms with Gasteiger partial charge in [-0.2, -0.15) is 0 Å². The van der Waals surface area contributed by atoms with E-state index in [-0.39, 0.29) is 18.1 Å². The lowest BCUT2D eigenvalue weighted by atomic mass is 10.2. The molecule has 2 rings (SSSR count). The molecule has 2 aromatic rings. The van der Waals surface area contributed by atoms with E-state index in [0.717, 1.165) is 9.79 Å². The minimum absolute atomic E-state index is 0. The zero-order valence-electron chi connectivity index (χ0n) is 10.2. The molecule has 1 amide bonds. The summed E-state index contributed by atoms with van der Waals surface area (Å²) in [6.45, 7) is 0. The fraction of sp³-hybridized carbons (Fsp3) is 0. The van der Waals surface area contributed by atoms with Crippen molar-refractivity contribution in [1.29, 1.82) is 0 Å². The fourth-order valence-electron chi connectivity index (χ4n) is 1.52. The first kappa shape index (κ1) is 16.0. The van der Waals surface area contributed by atoms with Gasteiger partial charge in [-0.05, 0) is 24.3 Å². The van der Waals surface area contributed by atoms with Crippen LogP contribution >= 0.6 is 24.2 Å².